The van der Waals surface area contributed by atoms with E-state index in [1.165, 1.54) is 37.2 Å². The number of pyridine rings is 1. The number of aliphatic hydroxyl groups is 1. The Hall–Kier alpha value is -2.42. The minimum atomic E-state index is -1.35. The van der Waals surface area contributed by atoms with Gasteiger partial charge in [-0.05, 0) is 64.7 Å². The molecule has 5 rings (SSSR count). The van der Waals surface area contributed by atoms with Crippen molar-refractivity contribution in [2.24, 2.45) is 11.8 Å². The fourth-order valence-electron chi connectivity index (χ4n) is 8.15. The van der Waals surface area contributed by atoms with Crippen LogP contribution in [0.25, 0.3) is 42.2 Å². The number of rotatable bonds is 11. The van der Waals surface area contributed by atoms with Gasteiger partial charge in [0.1, 0.15) is 0 Å². The Labute approximate surface area is 334 Å². The van der Waals surface area contributed by atoms with Gasteiger partial charge in [0.2, 0.25) is 0 Å². The van der Waals surface area contributed by atoms with E-state index >= 15 is 0 Å². The zero-order valence-corrected chi connectivity index (χ0v) is 39.2. The molecular weight excluding hydrogens is 867 g/mol. The van der Waals surface area contributed by atoms with Gasteiger partial charge >= 0.3 is 0 Å². The number of aromatic nitrogens is 1. The summed E-state index contributed by atoms with van der Waals surface area (Å²) in [6.45, 7) is 30.2. The van der Waals surface area contributed by atoms with Gasteiger partial charge in [-0.2, -0.15) is 0 Å². The van der Waals surface area contributed by atoms with Gasteiger partial charge in [-0.15, -0.1) is 40.5 Å². The zero-order chi connectivity index (χ0) is 37.9. The van der Waals surface area contributed by atoms with E-state index in [0.29, 0.717) is 0 Å². The summed E-state index contributed by atoms with van der Waals surface area (Å²) < 4.78 is 2.66. The number of carbonyl (C=O) groups excluding carboxylic acids is 1. The first kappa shape index (κ1) is 44.0. The van der Waals surface area contributed by atoms with Crippen LogP contribution in [0.5, 0.6) is 0 Å². The monoisotopic (exact) mass is 929 g/mol. The number of ketones is 1. The number of fused-ring (bicyclic) bond motifs is 4. The van der Waals surface area contributed by atoms with Gasteiger partial charge in [0.15, 0.2) is 5.78 Å². The third-order valence-electron chi connectivity index (χ3n) is 10.4. The zero-order valence-electron chi connectivity index (χ0n) is 34.0. The molecule has 283 valence electrons. The second-order valence-electron chi connectivity index (χ2n) is 17.4. The molecule has 1 radical (unpaired) electrons. The number of hydrogen-bond donors (Lipinski definition) is 1. The number of benzene rings is 3. The predicted octanol–water partition coefficient (Wildman–Crippen LogP) is 14.1. The standard InChI is InChI=1S/C32H38NSSi2.C13H24O2.Ir/c1-32(2,3)27-19-23(18-21-12-10-11-13-24(21)27)29-30-26(16-17-33-29)25-15-14-22(20-28(25)34-30)31(35(4,5)6)36(7,8)9;1-5-10(6-2)12(14)9-13(15)11(7-3)8-4;/h10-17,19-20,31H,1-9H3;9-11,14H,5-8H2,1-4H3;/q-1;;/b;12-9-;. The molecule has 0 saturated carbocycles. The van der Waals surface area contributed by atoms with Crippen LogP contribution in [0.3, 0.4) is 0 Å². The molecule has 3 aromatic carbocycles. The topological polar surface area (TPSA) is 50.2 Å². The second-order valence-corrected chi connectivity index (χ2v) is 29.7. The Morgan fingerprint density at radius 1 is 0.827 bits per heavy atom. The van der Waals surface area contributed by atoms with Crippen LogP contribution in [-0.2, 0) is 30.3 Å². The van der Waals surface area contributed by atoms with Gasteiger partial charge in [-0.1, -0.05) is 129 Å². The fourth-order valence-corrected chi connectivity index (χ4v) is 22.1. The van der Waals surface area contributed by atoms with Crippen molar-refractivity contribution in [1.29, 1.82) is 0 Å². The Balaban J connectivity index is 0.000000389. The van der Waals surface area contributed by atoms with Crippen LogP contribution >= 0.6 is 11.3 Å². The van der Waals surface area contributed by atoms with E-state index in [4.69, 9.17) is 4.98 Å². The molecule has 0 aliphatic heterocycles. The average Bonchev–Trinajstić information content (AvgIpc) is 3.42. The largest absolute Gasteiger partial charge is 0.512 e. The van der Waals surface area contributed by atoms with Crippen LogP contribution in [0.1, 0.15) is 90.4 Å². The van der Waals surface area contributed by atoms with Gasteiger partial charge in [-0.3, -0.25) is 9.78 Å². The average molecular weight is 929 g/mol. The minimum absolute atomic E-state index is 0. The number of carbonyl (C=O) groups is 1. The molecule has 5 aromatic rings. The van der Waals surface area contributed by atoms with Crippen molar-refractivity contribution in [3.63, 3.8) is 0 Å². The smallest absolute Gasteiger partial charge is 0.162 e. The Morgan fingerprint density at radius 2 is 1.42 bits per heavy atom. The molecular formula is C45H62IrNO2SSi2-. The quantitative estimate of drug-likeness (QED) is 0.0621. The van der Waals surface area contributed by atoms with Crippen LogP contribution in [0.4, 0.5) is 0 Å². The van der Waals surface area contributed by atoms with Crippen molar-refractivity contribution in [2.45, 2.75) is 124 Å². The Morgan fingerprint density at radius 3 is 1.98 bits per heavy atom. The van der Waals surface area contributed by atoms with E-state index in [1.807, 2.05) is 45.2 Å². The van der Waals surface area contributed by atoms with Crippen molar-refractivity contribution in [3.05, 3.63) is 89.8 Å². The van der Waals surface area contributed by atoms with Crippen LogP contribution in [0.15, 0.2) is 72.6 Å². The molecule has 3 nitrogen and oxygen atoms in total. The molecule has 0 aliphatic rings. The molecule has 2 aromatic heterocycles. The van der Waals surface area contributed by atoms with E-state index in [0.717, 1.165) is 47.5 Å². The SMILES string of the molecule is CC(C)(C)c1cc(-c2nccc3c2sc2cc(C([Si](C)(C)C)[Si](C)(C)C)ccc23)[c-]c2ccccc12.CCC(CC)C(=O)/C=C(\O)C(CC)CC.[Ir]. The third-order valence-corrected chi connectivity index (χ3v) is 20.9. The minimum Gasteiger partial charge on any atom is -0.512 e. The molecule has 0 saturated heterocycles. The molecule has 0 bridgehead atoms. The van der Waals surface area contributed by atoms with Crippen molar-refractivity contribution in [2.75, 3.05) is 0 Å². The molecule has 0 unspecified atom stereocenters. The van der Waals surface area contributed by atoms with Crippen molar-refractivity contribution >= 4 is 64.2 Å². The summed E-state index contributed by atoms with van der Waals surface area (Å²) in [4.78, 5) is 16.6. The van der Waals surface area contributed by atoms with E-state index in [2.05, 4.69) is 121 Å². The maximum absolute atomic E-state index is 11.7. The van der Waals surface area contributed by atoms with E-state index in [9.17, 15) is 9.90 Å². The van der Waals surface area contributed by atoms with Crippen LogP contribution in [0, 0.1) is 17.9 Å². The normalized spacial score (nSPS) is 12.9. The molecule has 0 fully saturated rings. The predicted molar refractivity (Wildman–Crippen MR) is 231 cm³/mol. The van der Waals surface area contributed by atoms with Crippen molar-refractivity contribution < 1.29 is 30.0 Å². The summed E-state index contributed by atoms with van der Waals surface area (Å²) in [5, 5.41) is 15.6. The summed E-state index contributed by atoms with van der Waals surface area (Å²) in [7, 11) is -2.71. The fraction of sp³-hybridized carbons (Fsp3) is 0.467. The molecule has 52 heavy (non-hydrogen) atoms. The molecule has 2 heterocycles. The molecule has 0 spiro atoms. The number of hydrogen-bond acceptors (Lipinski definition) is 4. The summed E-state index contributed by atoms with van der Waals surface area (Å²) in [5.74, 6) is 0.547. The van der Waals surface area contributed by atoms with Gasteiger partial charge in [-0.25, -0.2) is 0 Å². The molecule has 0 aliphatic carbocycles. The van der Waals surface area contributed by atoms with Crippen LogP contribution in [0.2, 0.25) is 39.3 Å². The van der Waals surface area contributed by atoms with Crippen molar-refractivity contribution in [3.8, 4) is 11.3 Å². The first-order valence-electron chi connectivity index (χ1n) is 19.1. The Kier molecular flexibility index (Phi) is 15.1. The molecule has 0 atom stereocenters. The van der Waals surface area contributed by atoms with Gasteiger partial charge in [0.05, 0.1) is 5.76 Å². The molecule has 7 heteroatoms. The Bertz CT molecular complexity index is 1990. The molecule has 1 N–H and O–H groups in total. The van der Waals surface area contributed by atoms with Gasteiger partial charge in [0.25, 0.3) is 0 Å². The van der Waals surface area contributed by atoms with Gasteiger partial charge < -0.3 is 5.11 Å². The first-order chi connectivity index (χ1) is 23.8. The van der Waals surface area contributed by atoms with E-state index in [-0.39, 0.29) is 48.9 Å². The summed E-state index contributed by atoms with van der Waals surface area (Å²) >= 11 is 1.90. The number of aliphatic hydroxyl groups excluding tert-OH is 1. The van der Waals surface area contributed by atoms with E-state index < -0.39 is 16.1 Å². The van der Waals surface area contributed by atoms with Crippen LogP contribution < -0.4 is 0 Å². The maximum atomic E-state index is 11.7. The molecule has 0 amide bonds. The summed E-state index contributed by atoms with van der Waals surface area (Å²) in [6, 6.07) is 24.2. The summed E-state index contributed by atoms with van der Waals surface area (Å²) in [5.41, 5.74) is 5.09. The third kappa shape index (κ3) is 10.0. The maximum Gasteiger partial charge on any atom is 0.162 e. The van der Waals surface area contributed by atoms with Crippen molar-refractivity contribution in [1.82, 2.24) is 4.98 Å². The number of nitrogens with zero attached hydrogens (tertiary/aromatic N) is 1. The second kappa shape index (κ2) is 17.8. The van der Waals surface area contributed by atoms with Gasteiger partial charge in [0, 0.05) is 75.5 Å². The first-order valence-corrected chi connectivity index (χ1v) is 27.0. The van der Waals surface area contributed by atoms with Crippen LogP contribution in [-0.4, -0.2) is 32.0 Å². The number of allylic oxidation sites excluding steroid dienone is 2. The number of thiophene rings is 1. The summed E-state index contributed by atoms with van der Waals surface area (Å²) in [6.07, 6.45) is 6.88. The van der Waals surface area contributed by atoms with E-state index in [1.54, 1.807) is 5.56 Å².